The molecule has 5 rings (SSSR count). The van der Waals surface area contributed by atoms with Crippen molar-refractivity contribution in [1.82, 2.24) is 14.8 Å². The lowest BCUT2D eigenvalue weighted by Crippen LogP contribution is -2.57. The summed E-state index contributed by atoms with van der Waals surface area (Å²) in [5.41, 5.74) is -2.02. The van der Waals surface area contributed by atoms with Crippen LogP contribution in [-0.4, -0.2) is 87.3 Å². The molecule has 2 aromatic rings. The summed E-state index contributed by atoms with van der Waals surface area (Å²) in [6.45, 7) is 7.69. The number of pyridine rings is 1. The maximum absolute atomic E-state index is 16.1. The van der Waals surface area contributed by atoms with Crippen LogP contribution < -0.4 is 9.64 Å². The number of phenolic OH excluding ortho intramolecular Hbond substituents is 1. The quantitative estimate of drug-likeness (QED) is 0.568. The molecule has 0 spiro atoms. The summed E-state index contributed by atoms with van der Waals surface area (Å²) in [5.74, 6) is -4.12. The number of β-amino-alcohol motifs (C(OH)–C–C–N with tert-alkyl or cyclic N) is 1. The molecule has 2 N–H and O–H groups in total. The number of piperazine rings is 1. The highest BCUT2D eigenvalue weighted by Crippen LogP contribution is 2.46. The molecule has 38 heavy (non-hydrogen) atoms. The maximum Gasteiger partial charge on any atom is 0.262 e. The summed E-state index contributed by atoms with van der Waals surface area (Å²) in [5, 5.41) is 20.8. The second-order valence-electron chi connectivity index (χ2n) is 10.3. The number of fused-ring (bicyclic) bond motifs is 2. The molecule has 4 heterocycles. The number of phenols is 1. The van der Waals surface area contributed by atoms with Crippen molar-refractivity contribution < 1.29 is 33.3 Å². The molecular weight excluding hydrogens is 522 g/mol. The number of aliphatic hydroxyl groups is 1. The van der Waals surface area contributed by atoms with Crippen molar-refractivity contribution in [3.05, 3.63) is 47.0 Å². The molecule has 202 valence electrons. The van der Waals surface area contributed by atoms with Crippen molar-refractivity contribution in [3.63, 3.8) is 0 Å². The first kappa shape index (κ1) is 26.2. The highest BCUT2D eigenvalue weighted by atomic mass is 35.5. The standard InChI is InChI=1S/C26H27ClF2N4O5/c1-4-17(35)31-7-8-32-13(10-31)12-38-23-19(25(32)37)24(33-11-14(34)9-26(33,2)3)30-21(20(23)29)18-16(28)6-5-15(27)22(18)36/h4-6,13-14,34,36H,1,7-12H2,2-3H3/t13-,14-/m1/s1. The number of aromatic nitrogens is 1. The van der Waals surface area contributed by atoms with Crippen molar-refractivity contribution >= 4 is 29.2 Å². The lowest BCUT2D eigenvalue weighted by molar-refractivity contribution is -0.128. The zero-order valence-corrected chi connectivity index (χ0v) is 21.6. The Kier molecular flexibility index (Phi) is 6.47. The van der Waals surface area contributed by atoms with Gasteiger partial charge in [0, 0.05) is 31.7 Å². The predicted molar refractivity (Wildman–Crippen MR) is 135 cm³/mol. The fourth-order valence-electron chi connectivity index (χ4n) is 5.49. The summed E-state index contributed by atoms with van der Waals surface area (Å²) >= 11 is 6.00. The van der Waals surface area contributed by atoms with Gasteiger partial charge in [-0.15, -0.1) is 0 Å². The average molecular weight is 549 g/mol. The Morgan fingerprint density at radius 1 is 1.26 bits per heavy atom. The Hall–Kier alpha value is -3.44. The molecule has 0 saturated carbocycles. The van der Waals surface area contributed by atoms with E-state index in [0.29, 0.717) is 6.42 Å². The van der Waals surface area contributed by atoms with E-state index in [1.165, 1.54) is 15.9 Å². The van der Waals surface area contributed by atoms with E-state index in [-0.39, 0.29) is 55.1 Å². The monoisotopic (exact) mass is 548 g/mol. The van der Waals surface area contributed by atoms with Crippen LogP contribution in [0, 0.1) is 11.6 Å². The van der Waals surface area contributed by atoms with Gasteiger partial charge in [0.1, 0.15) is 35.2 Å². The Labute approximate surface area is 222 Å². The lowest BCUT2D eigenvalue weighted by atomic mass is 9.99. The van der Waals surface area contributed by atoms with E-state index in [1.54, 1.807) is 4.90 Å². The third kappa shape index (κ3) is 4.14. The molecule has 3 aliphatic rings. The predicted octanol–water partition coefficient (Wildman–Crippen LogP) is 2.97. The smallest absolute Gasteiger partial charge is 0.262 e. The van der Waals surface area contributed by atoms with Crippen molar-refractivity contribution in [2.75, 3.05) is 37.7 Å². The van der Waals surface area contributed by atoms with Gasteiger partial charge in [0.2, 0.25) is 5.91 Å². The number of hydrogen-bond acceptors (Lipinski definition) is 7. The number of benzene rings is 1. The van der Waals surface area contributed by atoms with Crippen LogP contribution in [0.15, 0.2) is 24.8 Å². The first-order valence-corrected chi connectivity index (χ1v) is 12.5. The van der Waals surface area contributed by atoms with Crippen molar-refractivity contribution in [2.24, 2.45) is 0 Å². The third-order valence-electron chi connectivity index (χ3n) is 7.37. The SMILES string of the molecule is C=CC(=O)N1CCN2C(=O)c3c(N4C[C@H](O)CC4(C)C)nc(-c4c(F)ccc(Cl)c4O)c(F)c3OC[C@H]2C1. The minimum absolute atomic E-state index is 0.00743. The normalized spacial score (nSPS) is 22.5. The van der Waals surface area contributed by atoms with Gasteiger partial charge in [0.05, 0.1) is 22.7 Å². The molecular formula is C26H27ClF2N4O5. The Morgan fingerprint density at radius 3 is 2.66 bits per heavy atom. The van der Waals surface area contributed by atoms with Crippen LogP contribution in [0.1, 0.15) is 30.6 Å². The van der Waals surface area contributed by atoms with E-state index in [1.807, 2.05) is 13.8 Å². The van der Waals surface area contributed by atoms with Crippen LogP contribution >= 0.6 is 11.6 Å². The van der Waals surface area contributed by atoms with E-state index in [0.717, 1.165) is 12.1 Å². The summed E-state index contributed by atoms with van der Waals surface area (Å²) < 4.78 is 37.0. The molecule has 12 heteroatoms. The van der Waals surface area contributed by atoms with E-state index in [4.69, 9.17) is 16.3 Å². The van der Waals surface area contributed by atoms with Crippen molar-refractivity contribution in [1.29, 1.82) is 0 Å². The fourth-order valence-corrected chi connectivity index (χ4v) is 5.64. The number of hydrogen-bond donors (Lipinski definition) is 2. The number of amides is 2. The lowest BCUT2D eigenvalue weighted by Gasteiger charge is -2.40. The van der Waals surface area contributed by atoms with Crippen LogP contribution in [-0.2, 0) is 4.79 Å². The number of rotatable bonds is 3. The fraction of sp³-hybridized carbons (Fsp3) is 0.423. The van der Waals surface area contributed by atoms with E-state index < -0.39 is 58.0 Å². The van der Waals surface area contributed by atoms with Gasteiger partial charge in [-0.05, 0) is 38.5 Å². The first-order chi connectivity index (χ1) is 17.9. The highest BCUT2D eigenvalue weighted by Gasteiger charge is 2.45. The zero-order chi connectivity index (χ0) is 27.5. The van der Waals surface area contributed by atoms with Crippen LogP contribution in [0.5, 0.6) is 11.5 Å². The largest absolute Gasteiger partial charge is 0.506 e. The molecule has 2 amide bonds. The Bertz CT molecular complexity index is 1350. The third-order valence-corrected chi connectivity index (χ3v) is 7.67. The van der Waals surface area contributed by atoms with Crippen LogP contribution in [0.4, 0.5) is 14.6 Å². The zero-order valence-electron chi connectivity index (χ0n) is 20.9. The number of halogens is 3. The highest BCUT2D eigenvalue weighted by molar-refractivity contribution is 6.32. The Balaban J connectivity index is 1.71. The van der Waals surface area contributed by atoms with Gasteiger partial charge in [-0.3, -0.25) is 9.59 Å². The van der Waals surface area contributed by atoms with Crippen LogP contribution in [0.3, 0.4) is 0 Å². The summed E-state index contributed by atoms with van der Waals surface area (Å²) in [4.78, 5) is 35.3. The van der Waals surface area contributed by atoms with Gasteiger partial charge >= 0.3 is 0 Å². The summed E-state index contributed by atoms with van der Waals surface area (Å²) in [6, 6.07) is 1.52. The number of carbonyl (C=O) groups is 2. The molecule has 0 unspecified atom stereocenters. The van der Waals surface area contributed by atoms with Crippen LogP contribution in [0.25, 0.3) is 11.3 Å². The number of ether oxygens (including phenoxy) is 1. The molecule has 3 aliphatic heterocycles. The van der Waals surface area contributed by atoms with Crippen LogP contribution in [0.2, 0.25) is 5.02 Å². The molecule has 2 saturated heterocycles. The van der Waals surface area contributed by atoms with Gasteiger partial charge in [0.25, 0.3) is 5.91 Å². The first-order valence-electron chi connectivity index (χ1n) is 12.2. The molecule has 9 nitrogen and oxygen atoms in total. The van der Waals surface area contributed by atoms with E-state index >= 15 is 4.39 Å². The number of carbonyl (C=O) groups excluding carboxylic acids is 2. The number of nitrogens with zero attached hydrogens (tertiary/aromatic N) is 4. The topological polar surface area (TPSA) is 106 Å². The molecule has 0 bridgehead atoms. The minimum Gasteiger partial charge on any atom is -0.506 e. The average Bonchev–Trinajstić information content (AvgIpc) is 3.06. The van der Waals surface area contributed by atoms with E-state index in [2.05, 4.69) is 11.6 Å². The molecule has 0 aliphatic carbocycles. The second-order valence-corrected chi connectivity index (χ2v) is 10.7. The molecule has 1 aromatic carbocycles. The van der Waals surface area contributed by atoms with Gasteiger partial charge in [-0.2, -0.15) is 0 Å². The number of aliphatic hydroxyl groups excluding tert-OH is 1. The second kappa shape index (κ2) is 9.39. The molecule has 0 radical (unpaired) electrons. The van der Waals surface area contributed by atoms with Crippen molar-refractivity contribution in [3.8, 4) is 22.8 Å². The maximum atomic E-state index is 16.1. The minimum atomic E-state index is -1.13. The van der Waals surface area contributed by atoms with Crippen molar-refractivity contribution in [2.45, 2.75) is 38.0 Å². The summed E-state index contributed by atoms with van der Waals surface area (Å²) in [6.07, 6.45) is 0.771. The van der Waals surface area contributed by atoms with E-state index in [9.17, 15) is 24.2 Å². The van der Waals surface area contributed by atoms with Gasteiger partial charge in [-0.25, -0.2) is 13.8 Å². The number of aromatic hydroxyl groups is 1. The van der Waals surface area contributed by atoms with Gasteiger partial charge in [-0.1, -0.05) is 18.2 Å². The number of anilines is 1. The summed E-state index contributed by atoms with van der Waals surface area (Å²) in [7, 11) is 0. The molecule has 1 aromatic heterocycles. The van der Waals surface area contributed by atoms with Gasteiger partial charge < -0.3 is 29.6 Å². The van der Waals surface area contributed by atoms with Gasteiger partial charge in [0.15, 0.2) is 11.6 Å². The molecule has 2 fully saturated rings. The molecule has 2 atom stereocenters. The Morgan fingerprint density at radius 2 is 2.00 bits per heavy atom.